The molecule has 1 heterocycles. The molecule has 0 aliphatic rings. The van der Waals surface area contributed by atoms with Gasteiger partial charge >= 0.3 is 6.18 Å². The van der Waals surface area contributed by atoms with Gasteiger partial charge in [0.1, 0.15) is 4.21 Å². The van der Waals surface area contributed by atoms with E-state index in [2.05, 4.69) is 20.9 Å². The van der Waals surface area contributed by atoms with Crippen LogP contribution in [0.5, 0.6) is 0 Å². The number of nitrogens with zero attached hydrogens (tertiary/aromatic N) is 1. The highest BCUT2D eigenvalue weighted by Crippen LogP contribution is 2.39. The van der Waals surface area contributed by atoms with E-state index in [-0.39, 0.29) is 9.10 Å². The van der Waals surface area contributed by atoms with Gasteiger partial charge < -0.3 is 5.11 Å². The first-order chi connectivity index (χ1) is 10.4. The maximum atomic E-state index is 12.8. The number of halogens is 4. The van der Waals surface area contributed by atoms with E-state index in [9.17, 15) is 26.7 Å². The summed E-state index contributed by atoms with van der Waals surface area (Å²) in [5, 5.41) is 9.59. The number of thiazole rings is 1. The van der Waals surface area contributed by atoms with Crippen LogP contribution in [0.15, 0.2) is 37.3 Å². The zero-order chi connectivity index (χ0) is 17.6. The van der Waals surface area contributed by atoms with Gasteiger partial charge in [0, 0.05) is 0 Å². The van der Waals surface area contributed by atoms with E-state index in [1.807, 2.05) is 0 Å². The molecule has 2 aromatic rings. The molecule has 1 aromatic heterocycles. The molecular weight excluding hydrogens is 419 g/mol. The molecule has 0 amide bonds. The molecule has 126 valence electrons. The normalized spacial score (nSPS) is 15.4. The van der Waals surface area contributed by atoms with E-state index in [1.165, 1.54) is 6.92 Å². The van der Waals surface area contributed by atoms with E-state index in [0.717, 1.165) is 35.6 Å². The Kier molecular flexibility index (Phi) is 4.66. The lowest BCUT2D eigenvalue weighted by atomic mass is 9.96. The fourth-order valence-corrected chi connectivity index (χ4v) is 5.54. The predicted octanol–water partition coefficient (Wildman–Crippen LogP) is 3.82. The molecule has 10 heteroatoms. The minimum Gasteiger partial charge on any atom is -0.376 e. The number of alkyl halides is 3. The van der Waals surface area contributed by atoms with Crippen LogP contribution in [0.2, 0.25) is 0 Å². The lowest BCUT2D eigenvalue weighted by Crippen LogP contribution is -2.39. The monoisotopic (exact) mass is 429 g/mol. The molecule has 4 nitrogen and oxygen atoms in total. The van der Waals surface area contributed by atoms with Gasteiger partial charge in [-0.3, -0.25) is 0 Å². The predicted molar refractivity (Wildman–Crippen MR) is 82.1 cm³/mol. The zero-order valence-electron chi connectivity index (χ0n) is 11.8. The summed E-state index contributed by atoms with van der Waals surface area (Å²) in [5.74, 6) is 0. The number of rotatable bonds is 3. The average molecular weight is 430 g/mol. The Labute approximate surface area is 143 Å². The number of sulfone groups is 1. The number of aliphatic hydroxyl groups is 1. The zero-order valence-corrected chi connectivity index (χ0v) is 15.1. The van der Waals surface area contributed by atoms with Crippen molar-refractivity contribution in [2.75, 3.05) is 0 Å². The quantitative estimate of drug-likeness (QED) is 0.804. The van der Waals surface area contributed by atoms with Crippen LogP contribution in [0, 0.1) is 6.92 Å². The molecule has 0 aliphatic heterocycles. The van der Waals surface area contributed by atoms with Gasteiger partial charge in [0.25, 0.3) is 0 Å². The van der Waals surface area contributed by atoms with E-state index >= 15 is 0 Å². The van der Waals surface area contributed by atoms with Gasteiger partial charge in [0.05, 0.1) is 10.6 Å². The summed E-state index contributed by atoms with van der Waals surface area (Å²) in [6.45, 7) is 2.14. The Hall–Kier alpha value is -0.970. The summed E-state index contributed by atoms with van der Waals surface area (Å²) in [6, 6.07) is 3.98. The molecule has 1 atom stereocenters. The lowest BCUT2D eigenvalue weighted by Gasteiger charge is -2.26. The molecule has 0 saturated heterocycles. The van der Waals surface area contributed by atoms with Gasteiger partial charge in [-0.25, -0.2) is 13.4 Å². The van der Waals surface area contributed by atoms with Crippen LogP contribution in [0.1, 0.15) is 18.2 Å². The molecule has 0 spiro atoms. The maximum absolute atomic E-state index is 12.8. The highest BCUT2D eigenvalue weighted by Gasteiger charge is 2.51. The number of aromatic nitrogens is 1. The van der Waals surface area contributed by atoms with Crippen LogP contribution < -0.4 is 0 Å². The van der Waals surface area contributed by atoms with Crippen molar-refractivity contribution in [1.29, 1.82) is 0 Å². The molecule has 2 rings (SSSR count). The molecule has 23 heavy (non-hydrogen) atoms. The average Bonchev–Trinajstić information content (AvgIpc) is 2.77. The Morgan fingerprint density at radius 3 is 2.13 bits per heavy atom. The number of aryl methyl sites for hydroxylation is 1. The molecule has 0 radical (unpaired) electrons. The van der Waals surface area contributed by atoms with Crippen LogP contribution in [-0.4, -0.2) is 24.7 Å². The van der Waals surface area contributed by atoms with Crippen LogP contribution in [0.4, 0.5) is 13.2 Å². The first-order valence-corrected chi connectivity index (χ1v) is 9.24. The van der Waals surface area contributed by atoms with Crippen molar-refractivity contribution < 1.29 is 26.7 Å². The topological polar surface area (TPSA) is 67.3 Å². The summed E-state index contributed by atoms with van der Waals surface area (Å²) in [5.41, 5.74) is -3.20. The van der Waals surface area contributed by atoms with Crippen LogP contribution in [0.25, 0.3) is 0 Å². The molecule has 1 aromatic carbocycles. The van der Waals surface area contributed by atoms with E-state index in [4.69, 9.17) is 0 Å². The summed E-state index contributed by atoms with van der Waals surface area (Å²) in [7, 11) is -3.88. The lowest BCUT2D eigenvalue weighted by molar-refractivity contribution is -0.258. The number of benzene rings is 1. The van der Waals surface area contributed by atoms with Crippen molar-refractivity contribution in [2.24, 2.45) is 0 Å². The third-order valence-electron chi connectivity index (χ3n) is 3.25. The van der Waals surface area contributed by atoms with Crippen molar-refractivity contribution in [2.45, 2.75) is 34.7 Å². The Morgan fingerprint density at radius 1 is 1.22 bits per heavy atom. The minimum atomic E-state index is -4.87. The Bertz CT molecular complexity index is 827. The van der Waals surface area contributed by atoms with Gasteiger partial charge in [-0.15, -0.1) is 0 Å². The van der Waals surface area contributed by atoms with Gasteiger partial charge in [-0.1, -0.05) is 23.5 Å². The highest BCUT2D eigenvalue weighted by molar-refractivity contribution is 9.11. The van der Waals surface area contributed by atoms with Crippen LogP contribution >= 0.6 is 27.3 Å². The molecule has 1 N–H and O–H groups in total. The molecule has 0 saturated carbocycles. The second-order valence-electron chi connectivity index (χ2n) is 4.94. The second kappa shape index (κ2) is 5.83. The molecule has 1 unspecified atom stereocenters. The first-order valence-electron chi connectivity index (χ1n) is 6.15. The van der Waals surface area contributed by atoms with Gasteiger partial charge in [0.15, 0.2) is 9.52 Å². The van der Waals surface area contributed by atoms with Crippen LogP contribution in [0.3, 0.4) is 0 Å². The van der Waals surface area contributed by atoms with Crippen molar-refractivity contribution in [3.63, 3.8) is 0 Å². The molecular formula is C13H11BrF3NO3S2. The van der Waals surface area contributed by atoms with Crippen molar-refractivity contribution >= 4 is 37.1 Å². The summed E-state index contributed by atoms with van der Waals surface area (Å²) >= 11 is 4.01. The summed E-state index contributed by atoms with van der Waals surface area (Å²) in [4.78, 5) is 3.79. The Morgan fingerprint density at radius 2 is 1.74 bits per heavy atom. The van der Waals surface area contributed by atoms with Gasteiger partial charge in [-0.05, 0) is 47.5 Å². The summed E-state index contributed by atoms with van der Waals surface area (Å²) < 4.78 is 63.8. The summed E-state index contributed by atoms with van der Waals surface area (Å²) in [6.07, 6.45) is -4.87. The third kappa shape index (κ3) is 3.30. The second-order valence-corrected chi connectivity index (χ2v) is 9.36. The van der Waals surface area contributed by atoms with Crippen molar-refractivity contribution in [3.8, 4) is 0 Å². The van der Waals surface area contributed by atoms with Gasteiger partial charge in [-0.2, -0.15) is 13.2 Å². The largest absolute Gasteiger partial charge is 0.421 e. The van der Waals surface area contributed by atoms with E-state index in [1.54, 1.807) is 0 Å². The molecule has 0 fully saturated rings. The highest BCUT2D eigenvalue weighted by atomic mass is 79.9. The number of hydrogen-bond donors (Lipinski definition) is 1. The molecule has 0 aliphatic carbocycles. The van der Waals surface area contributed by atoms with E-state index < -0.39 is 27.2 Å². The SMILES string of the molecule is Cc1nc(Br)sc1S(=O)(=O)c1ccc(C(C)(O)C(F)(F)F)cc1. The van der Waals surface area contributed by atoms with E-state index in [0.29, 0.717) is 16.5 Å². The Balaban J connectivity index is 2.46. The fraction of sp³-hybridized carbons (Fsp3) is 0.308. The smallest absolute Gasteiger partial charge is 0.376 e. The minimum absolute atomic E-state index is 0.0136. The third-order valence-corrected chi connectivity index (χ3v) is 7.24. The standard InChI is InChI=1S/C13H11BrF3NO3S2/c1-7-10(22-11(14)18-7)23(20,21)9-5-3-8(4-6-9)12(2,19)13(15,16)17/h3-6,19H,1-2H3. The van der Waals surface area contributed by atoms with Crippen LogP contribution in [-0.2, 0) is 15.4 Å². The number of hydrogen-bond acceptors (Lipinski definition) is 5. The van der Waals surface area contributed by atoms with Gasteiger partial charge in [0.2, 0.25) is 9.84 Å². The van der Waals surface area contributed by atoms with Crippen molar-refractivity contribution in [1.82, 2.24) is 4.98 Å². The maximum Gasteiger partial charge on any atom is 0.421 e. The molecule has 0 bridgehead atoms. The fourth-order valence-electron chi connectivity index (χ4n) is 1.83. The first kappa shape index (κ1) is 18.4. The van der Waals surface area contributed by atoms with Crippen molar-refractivity contribution in [3.05, 3.63) is 39.4 Å².